The minimum absolute atomic E-state index is 0.0764. The number of piperidine rings is 1. The molecule has 1 unspecified atom stereocenters. The maximum Gasteiger partial charge on any atom is 0.154 e. The summed E-state index contributed by atoms with van der Waals surface area (Å²) < 4.78 is 2.10. The van der Waals surface area contributed by atoms with E-state index in [-0.39, 0.29) is 11.5 Å². The largest absolute Gasteiger partial charge is 0.355 e. The molecule has 2 N–H and O–H groups in total. The highest BCUT2D eigenvalue weighted by Gasteiger charge is 2.46. The van der Waals surface area contributed by atoms with Crippen LogP contribution in [0.25, 0.3) is 16.9 Å². The molecule has 1 atom stereocenters. The van der Waals surface area contributed by atoms with Crippen molar-refractivity contribution >= 4 is 22.9 Å². The van der Waals surface area contributed by atoms with Crippen molar-refractivity contribution in [2.75, 3.05) is 18.0 Å². The van der Waals surface area contributed by atoms with Gasteiger partial charge in [-0.05, 0) is 60.8 Å². The fourth-order valence-electron chi connectivity index (χ4n) is 5.99. The number of anilines is 1. The van der Waals surface area contributed by atoms with E-state index in [1.807, 2.05) is 43.2 Å². The number of fused-ring (bicyclic) bond motifs is 2. The molecular formula is C26H26ClN7. The van der Waals surface area contributed by atoms with Gasteiger partial charge in [-0.1, -0.05) is 11.6 Å². The summed E-state index contributed by atoms with van der Waals surface area (Å²) in [6.07, 6.45) is 16.9. The monoisotopic (exact) mass is 471 g/mol. The second kappa shape index (κ2) is 7.48. The Labute approximate surface area is 203 Å². The van der Waals surface area contributed by atoms with Gasteiger partial charge in [0.2, 0.25) is 0 Å². The third kappa shape index (κ3) is 3.00. The lowest BCUT2D eigenvalue weighted by atomic mass is 9.73. The van der Waals surface area contributed by atoms with E-state index in [1.54, 1.807) is 0 Å². The third-order valence-electron chi connectivity index (χ3n) is 8.10. The van der Waals surface area contributed by atoms with Crippen LogP contribution in [-0.2, 0) is 6.42 Å². The zero-order valence-electron chi connectivity index (χ0n) is 18.9. The summed E-state index contributed by atoms with van der Waals surface area (Å²) in [6, 6.07) is 4.13. The Kier molecular flexibility index (Phi) is 4.48. The third-order valence-corrected chi connectivity index (χ3v) is 8.49. The highest BCUT2D eigenvalue weighted by atomic mass is 35.5. The molecule has 2 aliphatic carbocycles. The van der Waals surface area contributed by atoms with E-state index in [4.69, 9.17) is 27.3 Å². The Balaban J connectivity index is 1.19. The van der Waals surface area contributed by atoms with Crippen LogP contribution in [0.15, 0.2) is 49.3 Å². The van der Waals surface area contributed by atoms with Crippen molar-refractivity contribution in [2.45, 2.75) is 44.1 Å². The molecule has 0 bridgehead atoms. The standard InChI is InChI=1S/C26H26ClN7/c27-21-19(4-8-30-22(21)16-1-2-16)24-32-15-20-25(31-9-12-34(20)24)33-10-5-26(6-11-33)13-17-14-29-7-3-18(17)23(26)28/h3-4,7-9,12,14-16,23H,1-2,5-6,10-11,13,28H2. The Morgan fingerprint density at radius 3 is 2.65 bits per heavy atom. The number of aromatic nitrogens is 5. The number of halogens is 1. The van der Waals surface area contributed by atoms with Gasteiger partial charge in [-0.15, -0.1) is 0 Å². The SMILES string of the molecule is NC1c2ccncc2CC12CCN(c1nccn3c(-c4ccnc(C5CC5)c4Cl)ncc13)CC2. The van der Waals surface area contributed by atoms with Crippen molar-refractivity contribution in [3.8, 4) is 11.4 Å². The zero-order valence-corrected chi connectivity index (χ0v) is 19.6. The molecule has 34 heavy (non-hydrogen) atoms. The molecule has 7 rings (SSSR count). The fraction of sp³-hybridized carbons (Fsp3) is 0.385. The van der Waals surface area contributed by atoms with E-state index < -0.39 is 0 Å². The molecule has 4 aromatic rings. The number of hydrogen-bond donors (Lipinski definition) is 1. The zero-order chi connectivity index (χ0) is 22.9. The van der Waals surface area contributed by atoms with Gasteiger partial charge in [-0.2, -0.15) is 0 Å². The average molecular weight is 472 g/mol. The molecule has 7 nitrogen and oxygen atoms in total. The topological polar surface area (TPSA) is 85.2 Å². The molecule has 172 valence electrons. The summed E-state index contributed by atoms with van der Waals surface area (Å²) in [7, 11) is 0. The molecule has 1 saturated carbocycles. The van der Waals surface area contributed by atoms with Crippen LogP contribution in [0.3, 0.4) is 0 Å². The molecule has 1 aliphatic heterocycles. The van der Waals surface area contributed by atoms with E-state index >= 15 is 0 Å². The molecule has 0 amide bonds. The quantitative estimate of drug-likeness (QED) is 0.471. The van der Waals surface area contributed by atoms with Gasteiger partial charge in [0.05, 0.1) is 16.9 Å². The first-order valence-corrected chi connectivity index (χ1v) is 12.4. The minimum Gasteiger partial charge on any atom is -0.355 e. The molecule has 4 aromatic heterocycles. The summed E-state index contributed by atoms with van der Waals surface area (Å²) in [6.45, 7) is 1.84. The molecule has 3 aliphatic rings. The van der Waals surface area contributed by atoms with Gasteiger partial charge < -0.3 is 10.6 Å². The number of pyridine rings is 2. The van der Waals surface area contributed by atoms with Crippen molar-refractivity contribution in [1.82, 2.24) is 24.3 Å². The molecule has 5 heterocycles. The van der Waals surface area contributed by atoms with Crippen LogP contribution in [0, 0.1) is 5.41 Å². The van der Waals surface area contributed by atoms with Crippen molar-refractivity contribution < 1.29 is 0 Å². The summed E-state index contributed by atoms with van der Waals surface area (Å²) in [5.74, 6) is 2.29. The van der Waals surface area contributed by atoms with Crippen molar-refractivity contribution in [3.63, 3.8) is 0 Å². The summed E-state index contributed by atoms with van der Waals surface area (Å²) in [4.78, 5) is 20.8. The van der Waals surface area contributed by atoms with E-state index in [0.29, 0.717) is 5.92 Å². The Morgan fingerprint density at radius 1 is 1.00 bits per heavy atom. The van der Waals surface area contributed by atoms with Crippen LogP contribution >= 0.6 is 11.6 Å². The van der Waals surface area contributed by atoms with Gasteiger partial charge in [0.25, 0.3) is 0 Å². The Morgan fingerprint density at radius 2 is 1.85 bits per heavy atom. The van der Waals surface area contributed by atoms with Crippen LogP contribution in [-0.4, -0.2) is 37.4 Å². The second-order valence-electron chi connectivity index (χ2n) is 10.00. The normalized spacial score (nSPS) is 21.4. The minimum atomic E-state index is 0.0764. The molecule has 1 saturated heterocycles. The number of rotatable bonds is 3. The maximum atomic E-state index is 6.79. The van der Waals surface area contributed by atoms with Gasteiger partial charge in [-0.25, -0.2) is 9.97 Å². The van der Waals surface area contributed by atoms with E-state index in [9.17, 15) is 0 Å². The van der Waals surface area contributed by atoms with Crippen LogP contribution in [0.2, 0.25) is 5.02 Å². The highest BCUT2D eigenvalue weighted by molar-refractivity contribution is 6.33. The summed E-state index contributed by atoms with van der Waals surface area (Å²) >= 11 is 6.79. The van der Waals surface area contributed by atoms with E-state index in [1.165, 1.54) is 11.1 Å². The number of imidazole rings is 1. The van der Waals surface area contributed by atoms with Crippen molar-refractivity contribution in [3.05, 3.63) is 71.2 Å². The lowest BCUT2D eigenvalue weighted by Crippen LogP contribution is -2.44. The van der Waals surface area contributed by atoms with Crippen molar-refractivity contribution in [2.24, 2.45) is 11.1 Å². The first-order valence-electron chi connectivity index (χ1n) is 12.0. The Bertz CT molecular complexity index is 1400. The predicted octanol–water partition coefficient (Wildman–Crippen LogP) is 4.56. The number of nitrogens with two attached hydrogens (primary N) is 1. The lowest BCUT2D eigenvalue weighted by molar-refractivity contribution is 0.187. The summed E-state index contributed by atoms with van der Waals surface area (Å²) in [5.41, 5.74) is 12.4. The highest BCUT2D eigenvalue weighted by Crippen LogP contribution is 2.51. The number of nitrogens with zero attached hydrogens (tertiary/aromatic N) is 6. The fourth-order valence-corrected chi connectivity index (χ4v) is 6.34. The van der Waals surface area contributed by atoms with Crippen molar-refractivity contribution in [1.29, 1.82) is 0 Å². The molecule has 0 aromatic carbocycles. The van der Waals surface area contributed by atoms with Gasteiger partial charge >= 0.3 is 0 Å². The van der Waals surface area contributed by atoms with Gasteiger partial charge in [0.1, 0.15) is 11.3 Å². The molecule has 1 spiro atoms. The first-order chi connectivity index (χ1) is 16.6. The van der Waals surface area contributed by atoms with E-state index in [0.717, 1.165) is 78.6 Å². The second-order valence-corrected chi connectivity index (χ2v) is 10.4. The molecule has 8 heteroatoms. The predicted molar refractivity (Wildman–Crippen MR) is 132 cm³/mol. The van der Waals surface area contributed by atoms with Crippen LogP contribution in [0.5, 0.6) is 0 Å². The summed E-state index contributed by atoms with van der Waals surface area (Å²) in [5, 5.41) is 0.722. The molecule has 0 radical (unpaired) electrons. The molecule has 2 fully saturated rings. The van der Waals surface area contributed by atoms with Gasteiger partial charge in [-0.3, -0.25) is 14.4 Å². The first kappa shape index (κ1) is 20.4. The smallest absolute Gasteiger partial charge is 0.154 e. The van der Waals surface area contributed by atoms with Gasteiger partial charge in [0, 0.05) is 61.6 Å². The van der Waals surface area contributed by atoms with Gasteiger partial charge in [0.15, 0.2) is 5.82 Å². The number of hydrogen-bond acceptors (Lipinski definition) is 6. The van der Waals surface area contributed by atoms with E-state index in [2.05, 4.69) is 25.3 Å². The average Bonchev–Trinajstić information content (AvgIpc) is 3.56. The van der Waals surface area contributed by atoms with Crippen LogP contribution in [0.4, 0.5) is 5.82 Å². The molecular weight excluding hydrogens is 446 g/mol. The van der Waals surface area contributed by atoms with Crippen LogP contribution in [0.1, 0.15) is 54.5 Å². The Hall–Kier alpha value is -3.03. The lowest BCUT2D eigenvalue weighted by Gasteiger charge is -2.42. The maximum absolute atomic E-state index is 6.79. The van der Waals surface area contributed by atoms with Crippen LogP contribution < -0.4 is 10.6 Å².